The summed E-state index contributed by atoms with van der Waals surface area (Å²) in [6.07, 6.45) is -1.46. The average molecular weight is 569 g/mol. The Morgan fingerprint density at radius 3 is 2.41 bits per heavy atom. The van der Waals surface area contributed by atoms with Crippen LogP contribution in [0.4, 0.5) is 18.9 Å². The molecule has 10 heteroatoms. The number of rotatable bonds is 7. The number of alkyl halides is 3. The number of guanidine groups is 1. The van der Waals surface area contributed by atoms with Crippen LogP contribution in [-0.2, 0) is 6.54 Å². The Hall–Kier alpha value is -1.27. The predicted molar refractivity (Wildman–Crippen MR) is 133 cm³/mol. The summed E-state index contributed by atoms with van der Waals surface area (Å²) in [5.74, 6) is 1.05. The van der Waals surface area contributed by atoms with Crippen molar-refractivity contribution in [3.8, 4) is 0 Å². The summed E-state index contributed by atoms with van der Waals surface area (Å²) >= 11 is 0. The van der Waals surface area contributed by atoms with E-state index in [0.717, 1.165) is 31.5 Å². The number of halogens is 4. The summed E-state index contributed by atoms with van der Waals surface area (Å²) in [6, 6.07) is 8.32. The van der Waals surface area contributed by atoms with Gasteiger partial charge in [0.05, 0.1) is 13.1 Å². The van der Waals surface area contributed by atoms with Crippen LogP contribution in [0.1, 0.15) is 31.7 Å². The fourth-order valence-electron chi connectivity index (χ4n) is 4.22. The Balaban J connectivity index is 0.00000363. The predicted octanol–water partition coefficient (Wildman–Crippen LogP) is 3.21. The number of likely N-dealkylation sites (tertiary alicyclic amines) is 1. The minimum atomic E-state index is -4.16. The highest BCUT2D eigenvalue weighted by molar-refractivity contribution is 14.0. The van der Waals surface area contributed by atoms with Gasteiger partial charge in [0.15, 0.2) is 5.96 Å². The van der Waals surface area contributed by atoms with Crippen molar-refractivity contribution in [2.45, 2.75) is 44.9 Å². The molecule has 2 fully saturated rings. The zero-order valence-electron chi connectivity index (χ0n) is 18.6. The summed E-state index contributed by atoms with van der Waals surface area (Å²) in [5, 5.41) is 15.7. The van der Waals surface area contributed by atoms with Gasteiger partial charge in [-0.15, -0.1) is 24.0 Å². The largest absolute Gasteiger partial charge is 0.401 e. The maximum Gasteiger partial charge on any atom is 0.401 e. The average Bonchev–Trinajstić information content (AvgIpc) is 3.17. The van der Waals surface area contributed by atoms with Crippen molar-refractivity contribution < 1.29 is 18.3 Å². The molecule has 32 heavy (non-hydrogen) atoms. The van der Waals surface area contributed by atoms with Gasteiger partial charge in [0.1, 0.15) is 0 Å². The topological polar surface area (TPSA) is 63.1 Å². The molecule has 2 saturated heterocycles. The van der Waals surface area contributed by atoms with E-state index in [4.69, 9.17) is 0 Å². The SMILES string of the molecule is CCNC(=NCc1ccc(N2CCC(CO)CC2)cc1)NC1CCN(CC(F)(F)F)C1.I. The van der Waals surface area contributed by atoms with Crippen molar-refractivity contribution in [3.05, 3.63) is 29.8 Å². The van der Waals surface area contributed by atoms with Crippen LogP contribution in [0.25, 0.3) is 0 Å². The zero-order chi connectivity index (χ0) is 22.3. The van der Waals surface area contributed by atoms with Crippen LogP contribution in [-0.4, -0.2) is 74.1 Å². The van der Waals surface area contributed by atoms with Crippen molar-refractivity contribution in [2.24, 2.45) is 10.9 Å². The van der Waals surface area contributed by atoms with Gasteiger partial charge < -0.3 is 20.6 Å². The van der Waals surface area contributed by atoms with Crippen molar-refractivity contribution in [2.75, 3.05) is 50.8 Å². The number of aliphatic imine (C=N–C) groups is 1. The molecule has 2 heterocycles. The standard InChI is InChI=1S/C22H34F3N5O.HI/c1-2-26-21(28-19-9-10-29(14-19)16-22(23,24)25)27-13-17-3-5-20(6-4-17)30-11-7-18(15-31)8-12-30;/h3-6,18-19,31H,2,7-16H2,1H3,(H2,26,27,28);1H. The van der Waals surface area contributed by atoms with E-state index in [1.54, 1.807) is 0 Å². The summed E-state index contributed by atoms with van der Waals surface area (Å²) in [5.41, 5.74) is 2.26. The first-order valence-corrected chi connectivity index (χ1v) is 11.1. The quantitative estimate of drug-likeness (QED) is 0.268. The number of piperidine rings is 1. The fraction of sp³-hybridized carbons (Fsp3) is 0.682. The molecule has 2 aliphatic heterocycles. The van der Waals surface area contributed by atoms with Crippen LogP contribution >= 0.6 is 24.0 Å². The number of aliphatic hydroxyl groups excluding tert-OH is 1. The number of benzene rings is 1. The molecule has 6 nitrogen and oxygen atoms in total. The molecule has 3 rings (SSSR count). The lowest BCUT2D eigenvalue weighted by atomic mass is 9.97. The highest BCUT2D eigenvalue weighted by Crippen LogP contribution is 2.23. The van der Waals surface area contributed by atoms with Crippen LogP contribution in [0.3, 0.4) is 0 Å². The van der Waals surface area contributed by atoms with Gasteiger partial charge in [0.2, 0.25) is 0 Å². The second-order valence-electron chi connectivity index (χ2n) is 8.45. The molecule has 3 N–H and O–H groups in total. The monoisotopic (exact) mass is 569 g/mol. The minimum absolute atomic E-state index is 0. The number of nitrogens with one attached hydrogen (secondary N) is 2. The molecule has 1 atom stereocenters. The van der Waals surface area contributed by atoms with Gasteiger partial charge in [-0.05, 0) is 49.8 Å². The number of nitrogens with zero attached hydrogens (tertiary/aromatic N) is 3. The Labute approximate surface area is 205 Å². The highest BCUT2D eigenvalue weighted by atomic mass is 127. The van der Waals surface area contributed by atoms with Crippen LogP contribution < -0.4 is 15.5 Å². The maximum absolute atomic E-state index is 12.6. The number of hydrogen-bond acceptors (Lipinski definition) is 4. The Morgan fingerprint density at radius 1 is 1.12 bits per heavy atom. The lowest BCUT2D eigenvalue weighted by Gasteiger charge is -2.32. The number of aliphatic hydroxyl groups is 1. The van der Waals surface area contributed by atoms with E-state index in [-0.39, 0.29) is 36.6 Å². The summed E-state index contributed by atoms with van der Waals surface area (Å²) < 4.78 is 37.8. The van der Waals surface area contributed by atoms with E-state index < -0.39 is 12.7 Å². The summed E-state index contributed by atoms with van der Waals surface area (Å²) in [7, 11) is 0. The van der Waals surface area contributed by atoms with E-state index in [2.05, 4.69) is 44.8 Å². The molecule has 0 aliphatic carbocycles. The van der Waals surface area contributed by atoms with Crippen LogP contribution in [0.15, 0.2) is 29.3 Å². The lowest BCUT2D eigenvalue weighted by molar-refractivity contribution is -0.143. The second-order valence-corrected chi connectivity index (χ2v) is 8.45. The third-order valence-electron chi connectivity index (χ3n) is 5.95. The van der Waals surface area contributed by atoms with Gasteiger partial charge in [-0.1, -0.05) is 12.1 Å². The van der Waals surface area contributed by atoms with Gasteiger partial charge in [0, 0.05) is 51.1 Å². The highest BCUT2D eigenvalue weighted by Gasteiger charge is 2.34. The molecular formula is C22H35F3IN5O. The third kappa shape index (κ3) is 8.58. The molecule has 0 radical (unpaired) electrons. The van der Waals surface area contributed by atoms with Gasteiger partial charge in [0.25, 0.3) is 0 Å². The first-order valence-electron chi connectivity index (χ1n) is 11.1. The fourth-order valence-corrected chi connectivity index (χ4v) is 4.22. The van der Waals surface area contributed by atoms with Crippen molar-refractivity contribution in [1.82, 2.24) is 15.5 Å². The molecule has 1 unspecified atom stereocenters. The molecule has 182 valence electrons. The van der Waals surface area contributed by atoms with E-state index in [1.807, 2.05) is 6.92 Å². The molecular weight excluding hydrogens is 534 g/mol. The zero-order valence-corrected chi connectivity index (χ0v) is 20.9. The smallest absolute Gasteiger partial charge is 0.396 e. The van der Waals surface area contributed by atoms with E-state index >= 15 is 0 Å². The normalized spacial score (nSPS) is 20.8. The molecule has 1 aromatic rings. The van der Waals surface area contributed by atoms with Gasteiger partial charge in [-0.3, -0.25) is 4.90 Å². The van der Waals surface area contributed by atoms with E-state index in [0.29, 0.717) is 44.5 Å². The molecule has 2 aliphatic rings. The van der Waals surface area contributed by atoms with E-state index in [1.165, 1.54) is 10.6 Å². The van der Waals surface area contributed by atoms with Gasteiger partial charge >= 0.3 is 6.18 Å². The van der Waals surface area contributed by atoms with Crippen molar-refractivity contribution >= 4 is 35.6 Å². The summed E-state index contributed by atoms with van der Waals surface area (Å²) in [4.78, 5) is 8.40. The van der Waals surface area contributed by atoms with Crippen LogP contribution in [0.2, 0.25) is 0 Å². The Bertz CT molecular complexity index is 709. The van der Waals surface area contributed by atoms with Gasteiger partial charge in [-0.2, -0.15) is 13.2 Å². The van der Waals surface area contributed by atoms with Gasteiger partial charge in [-0.25, -0.2) is 4.99 Å². The Morgan fingerprint density at radius 2 is 1.81 bits per heavy atom. The first kappa shape index (κ1) is 27.0. The Kier molecular flexibility index (Phi) is 10.8. The lowest BCUT2D eigenvalue weighted by Crippen LogP contribution is -2.45. The van der Waals surface area contributed by atoms with E-state index in [9.17, 15) is 18.3 Å². The van der Waals surface area contributed by atoms with Crippen LogP contribution in [0, 0.1) is 5.92 Å². The second kappa shape index (κ2) is 12.8. The molecule has 0 aromatic heterocycles. The maximum atomic E-state index is 12.6. The number of anilines is 1. The molecule has 0 saturated carbocycles. The third-order valence-corrected chi connectivity index (χ3v) is 5.95. The van der Waals surface area contributed by atoms with Crippen LogP contribution in [0.5, 0.6) is 0 Å². The minimum Gasteiger partial charge on any atom is -0.396 e. The number of hydrogen-bond donors (Lipinski definition) is 3. The van der Waals surface area contributed by atoms with Crippen molar-refractivity contribution in [1.29, 1.82) is 0 Å². The molecule has 1 aromatic carbocycles. The van der Waals surface area contributed by atoms with Crippen molar-refractivity contribution in [3.63, 3.8) is 0 Å². The molecule has 0 amide bonds. The molecule has 0 spiro atoms. The first-order chi connectivity index (χ1) is 14.9. The summed E-state index contributed by atoms with van der Waals surface area (Å²) in [6.45, 7) is 5.30. The molecule has 0 bridgehead atoms.